The van der Waals surface area contributed by atoms with E-state index in [0.717, 1.165) is 35.1 Å². The van der Waals surface area contributed by atoms with Gasteiger partial charge in [-0.1, -0.05) is 74.2 Å². The highest BCUT2D eigenvalue weighted by molar-refractivity contribution is 5.85. The highest BCUT2D eigenvalue weighted by Crippen LogP contribution is 2.47. The molecule has 4 rings (SSSR count). The molecule has 2 aromatic carbocycles. The van der Waals surface area contributed by atoms with Crippen LogP contribution in [0.3, 0.4) is 0 Å². The first kappa shape index (κ1) is 22.8. The van der Waals surface area contributed by atoms with E-state index in [1.54, 1.807) is 11.8 Å². The molecule has 2 aromatic rings. The molecule has 172 valence electrons. The van der Waals surface area contributed by atoms with Gasteiger partial charge in [0.1, 0.15) is 12.6 Å². The summed E-state index contributed by atoms with van der Waals surface area (Å²) < 4.78 is 10.9. The second-order valence-corrected chi connectivity index (χ2v) is 8.59. The molecule has 0 unspecified atom stereocenters. The van der Waals surface area contributed by atoms with Gasteiger partial charge in [0.2, 0.25) is 0 Å². The Morgan fingerprint density at radius 3 is 2.42 bits per heavy atom. The first-order chi connectivity index (χ1) is 16.0. The second kappa shape index (κ2) is 10.1. The summed E-state index contributed by atoms with van der Waals surface area (Å²) in [7, 11) is 0. The lowest BCUT2D eigenvalue weighted by Crippen LogP contribution is -2.44. The van der Waals surface area contributed by atoms with Gasteiger partial charge in [-0.05, 0) is 47.6 Å². The maximum atomic E-state index is 13.0. The fourth-order valence-electron chi connectivity index (χ4n) is 4.90. The van der Waals surface area contributed by atoms with E-state index in [1.807, 2.05) is 30.3 Å². The summed E-state index contributed by atoms with van der Waals surface area (Å²) in [6.45, 7) is 8.89. The first-order valence-corrected chi connectivity index (χ1v) is 11.7. The molecule has 2 aliphatic rings. The van der Waals surface area contributed by atoms with Crippen LogP contribution in [0.25, 0.3) is 11.1 Å². The molecule has 1 aliphatic carbocycles. The maximum Gasteiger partial charge on any atom is 0.410 e. The molecule has 0 radical (unpaired) electrons. The number of allylic oxidation sites excluding steroid dienone is 2. The van der Waals surface area contributed by atoms with Gasteiger partial charge in [0.15, 0.2) is 0 Å². The van der Waals surface area contributed by atoms with E-state index in [-0.39, 0.29) is 31.0 Å². The highest BCUT2D eigenvalue weighted by atomic mass is 16.6. The third kappa shape index (κ3) is 4.72. The molecule has 1 amide bonds. The fraction of sp³-hybridized carbons (Fsp3) is 0.357. The second-order valence-electron chi connectivity index (χ2n) is 8.59. The van der Waals surface area contributed by atoms with Gasteiger partial charge >= 0.3 is 12.1 Å². The molecule has 0 aromatic heterocycles. The molecule has 0 saturated carbocycles. The third-order valence-corrected chi connectivity index (χ3v) is 6.68. The van der Waals surface area contributed by atoms with Crippen molar-refractivity contribution in [3.63, 3.8) is 0 Å². The predicted molar refractivity (Wildman–Crippen MR) is 129 cm³/mol. The average molecular weight is 446 g/mol. The Labute approximate surface area is 195 Å². The highest BCUT2D eigenvalue weighted by Gasteiger charge is 2.52. The van der Waals surface area contributed by atoms with Crippen molar-refractivity contribution in [3.05, 3.63) is 83.9 Å². The zero-order valence-corrected chi connectivity index (χ0v) is 19.3. The smallest absolute Gasteiger partial charge is 0.410 e. The largest absolute Gasteiger partial charge is 0.464 e. The van der Waals surface area contributed by atoms with Crippen LogP contribution in [0.2, 0.25) is 0 Å². The number of rotatable bonds is 7. The summed E-state index contributed by atoms with van der Waals surface area (Å²) in [4.78, 5) is 27.5. The molecule has 1 saturated heterocycles. The number of carbonyl (C=O) groups is 2. The summed E-state index contributed by atoms with van der Waals surface area (Å²) in [5.74, 6) is -0.288. The summed E-state index contributed by atoms with van der Waals surface area (Å²) in [6.07, 6.45) is 3.38. The molecular weight excluding hydrogens is 414 g/mol. The number of fused-ring (bicyclic) bond motifs is 1. The lowest BCUT2D eigenvalue weighted by Gasteiger charge is -2.25. The van der Waals surface area contributed by atoms with Crippen LogP contribution in [0.5, 0.6) is 0 Å². The number of nitrogens with zero attached hydrogens (tertiary/aromatic N) is 1. The summed E-state index contributed by atoms with van der Waals surface area (Å²) in [5, 5.41) is 0. The van der Waals surface area contributed by atoms with Gasteiger partial charge in [0.25, 0.3) is 0 Å². The molecule has 1 fully saturated rings. The zero-order chi connectivity index (χ0) is 23.4. The zero-order valence-electron chi connectivity index (χ0n) is 19.3. The number of esters is 1. The van der Waals surface area contributed by atoms with Gasteiger partial charge in [-0.25, -0.2) is 9.59 Å². The minimum absolute atomic E-state index is 0.00592. The number of ether oxygens (including phenoxy) is 2. The van der Waals surface area contributed by atoms with E-state index in [1.165, 1.54) is 5.57 Å². The van der Waals surface area contributed by atoms with Crippen LogP contribution >= 0.6 is 0 Å². The van der Waals surface area contributed by atoms with Crippen LogP contribution in [-0.2, 0) is 20.9 Å². The number of carbonyl (C=O) groups excluding carboxylic acids is 2. The lowest BCUT2D eigenvalue weighted by atomic mass is 9.87. The van der Waals surface area contributed by atoms with Crippen LogP contribution in [-0.4, -0.2) is 36.2 Å². The number of hydrogen-bond donors (Lipinski definition) is 0. The molecule has 0 bridgehead atoms. The van der Waals surface area contributed by atoms with Crippen LogP contribution in [0, 0.1) is 11.8 Å². The van der Waals surface area contributed by atoms with Gasteiger partial charge < -0.3 is 9.47 Å². The number of benzene rings is 2. The quantitative estimate of drug-likeness (QED) is 0.512. The lowest BCUT2D eigenvalue weighted by molar-refractivity contribution is -0.149. The Morgan fingerprint density at radius 1 is 1.03 bits per heavy atom. The number of amides is 1. The third-order valence-electron chi connectivity index (χ3n) is 6.68. The van der Waals surface area contributed by atoms with Crippen molar-refractivity contribution in [1.82, 2.24) is 4.90 Å². The molecule has 5 nitrogen and oxygen atoms in total. The average Bonchev–Trinajstić information content (AvgIpc) is 3.42. The molecule has 0 N–H and O–H groups in total. The molecule has 3 atom stereocenters. The predicted octanol–water partition coefficient (Wildman–Crippen LogP) is 5.71. The first-order valence-electron chi connectivity index (χ1n) is 11.7. The van der Waals surface area contributed by atoms with E-state index in [4.69, 9.17) is 9.47 Å². The van der Waals surface area contributed by atoms with Crippen molar-refractivity contribution in [2.45, 2.75) is 39.3 Å². The van der Waals surface area contributed by atoms with Gasteiger partial charge in [-0.15, -0.1) is 0 Å². The Bertz CT molecular complexity index is 1040. The van der Waals surface area contributed by atoms with E-state index in [9.17, 15) is 9.59 Å². The van der Waals surface area contributed by atoms with Crippen LogP contribution in [0.15, 0.2) is 67.3 Å². The fourth-order valence-corrected chi connectivity index (χ4v) is 4.90. The molecule has 33 heavy (non-hydrogen) atoms. The minimum Gasteiger partial charge on any atom is -0.464 e. The molecule has 1 heterocycles. The SMILES string of the molecule is C=C(CC)c1ccc(C2=CC[C@H]3[C@@H]2CN(C(=O)OCc2ccccc2)[C@@H]3C(=O)OCC)cc1. The van der Waals surface area contributed by atoms with Crippen molar-refractivity contribution < 1.29 is 19.1 Å². The van der Waals surface area contributed by atoms with E-state index in [0.29, 0.717) is 6.54 Å². The standard InChI is InChI=1S/C28H31NO4/c1-4-19(3)21-11-13-22(14-12-21)23-15-16-24-25(23)17-29(26(24)27(30)32-5-2)28(31)33-18-20-9-7-6-8-10-20/h6-15,24-26H,3-5,16-18H2,1-2H3/t24-,25+,26-/m0/s1. The Morgan fingerprint density at radius 2 is 1.76 bits per heavy atom. The number of likely N-dealkylation sites (tertiary alicyclic amines) is 1. The molecular formula is C28H31NO4. The molecule has 5 heteroatoms. The van der Waals surface area contributed by atoms with Gasteiger partial charge in [0, 0.05) is 18.4 Å². The van der Waals surface area contributed by atoms with Crippen LogP contribution < -0.4 is 0 Å². The molecule has 1 aliphatic heterocycles. The van der Waals surface area contributed by atoms with Gasteiger partial charge in [-0.2, -0.15) is 0 Å². The van der Waals surface area contributed by atoms with E-state index >= 15 is 0 Å². The van der Waals surface area contributed by atoms with Crippen molar-refractivity contribution in [2.75, 3.05) is 13.2 Å². The topological polar surface area (TPSA) is 55.8 Å². The summed E-state index contributed by atoms with van der Waals surface area (Å²) in [5.41, 5.74) is 5.46. The Balaban J connectivity index is 1.52. The monoisotopic (exact) mass is 445 g/mol. The van der Waals surface area contributed by atoms with Crippen LogP contribution in [0.1, 0.15) is 43.4 Å². The van der Waals surface area contributed by atoms with Crippen molar-refractivity contribution in [2.24, 2.45) is 11.8 Å². The normalized spacial score (nSPS) is 21.3. The minimum atomic E-state index is -0.633. The Kier molecular flexibility index (Phi) is 6.97. The number of hydrogen-bond acceptors (Lipinski definition) is 4. The van der Waals surface area contributed by atoms with Gasteiger partial charge in [0.05, 0.1) is 6.61 Å². The van der Waals surface area contributed by atoms with E-state index in [2.05, 4.69) is 43.8 Å². The Hall–Kier alpha value is -3.34. The van der Waals surface area contributed by atoms with Crippen LogP contribution in [0.4, 0.5) is 4.79 Å². The van der Waals surface area contributed by atoms with E-state index < -0.39 is 12.1 Å². The van der Waals surface area contributed by atoms with Crippen molar-refractivity contribution in [1.29, 1.82) is 0 Å². The maximum absolute atomic E-state index is 13.0. The van der Waals surface area contributed by atoms with Crippen molar-refractivity contribution >= 4 is 23.2 Å². The summed E-state index contributed by atoms with van der Waals surface area (Å²) >= 11 is 0. The summed E-state index contributed by atoms with van der Waals surface area (Å²) in [6, 6.07) is 17.3. The molecule has 0 spiro atoms. The van der Waals surface area contributed by atoms with Crippen molar-refractivity contribution in [3.8, 4) is 0 Å². The van der Waals surface area contributed by atoms with Gasteiger partial charge in [-0.3, -0.25) is 4.90 Å².